The number of benzene rings is 1. The maximum Gasteiger partial charge on any atom is 0.272 e. The highest BCUT2D eigenvalue weighted by Crippen LogP contribution is 2.27. The molecule has 150 valence electrons. The van der Waals surface area contributed by atoms with Crippen molar-refractivity contribution in [3.8, 4) is 11.5 Å². The molecule has 3 rings (SSSR count). The van der Waals surface area contributed by atoms with Gasteiger partial charge in [0.1, 0.15) is 17.2 Å². The fraction of sp³-hybridized carbons (Fsp3) is 0.421. The molecule has 0 saturated heterocycles. The molecule has 2 aromatic rings. The third-order valence-electron chi connectivity index (χ3n) is 4.61. The van der Waals surface area contributed by atoms with Gasteiger partial charge in [0, 0.05) is 36.8 Å². The third-order valence-corrected chi connectivity index (χ3v) is 4.61. The van der Waals surface area contributed by atoms with Gasteiger partial charge in [0.05, 0.1) is 27.4 Å². The van der Waals surface area contributed by atoms with E-state index in [-0.39, 0.29) is 24.2 Å². The van der Waals surface area contributed by atoms with Crippen LogP contribution in [0.5, 0.6) is 11.5 Å². The molecule has 0 spiro atoms. The van der Waals surface area contributed by atoms with Crippen LogP contribution in [0.1, 0.15) is 33.5 Å². The highest BCUT2D eigenvalue weighted by atomic mass is 16.5. The predicted molar refractivity (Wildman–Crippen MR) is 101 cm³/mol. The summed E-state index contributed by atoms with van der Waals surface area (Å²) < 4.78 is 12.2. The Morgan fingerprint density at radius 1 is 1.29 bits per heavy atom. The SMILES string of the molecule is COc1ccc(CN2CCn3nc(C(=O)N[C@@H](C)CO)cc3C2=O)c(OC)c1. The summed E-state index contributed by atoms with van der Waals surface area (Å²) in [6.07, 6.45) is 0. The average Bonchev–Trinajstić information content (AvgIpc) is 3.15. The lowest BCUT2D eigenvalue weighted by Gasteiger charge is -2.28. The fourth-order valence-electron chi connectivity index (χ4n) is 3.03. The van der Waals surface area contributed by atoms with Crippen molar-refractivity contribution in [3.63, 3.8) is 0 Å². The number of carbonyl (C=O) groups excluding carboxylic acids is 2. The van der Waals surface area contributed by atoms with E-state index in [1.165, 1.54) is 6.07 Å². The first-order valence-corrected chi connectivity index (χ1v) is 8.96. The van der Waals surface area contributed by atoms with E-state index in [0.717, 1.165) is 5.56 Å². The van der Waals surface area contributed by atoms with E-state index < -0.39 is 5.91 Å². The number of aliphatic hydroxyl groups excluding tert-OH is 1. The molecule has 0 unspecified atom stereocenters. The number of methoxy groups -OCH3 is 2. The number of hydrogen-bond acceptors (Lipinski definition) is 6. The summed E-state index contributed by atoms with van der Waals surface area (Å²) in [4.78, 5) is 26.8. The van der Waals surface area contributed by atoms with E-state index in [0.29, 0.717) is 36.8 Å². The molecule has 2 amide bonds. The molecule has 0 radical (unpaired) electrons. The molecule has 0 saturated carbocycles. The minimum Gasteiger partial charge on any atom is -0.497 e. The Balaban J connectivity index is 1.77. The zero-order valence-corrected chi connectivity index (χ0v) is 16.1. The van der Waals surface area contributed by atoms with Gasteiger partial charge in [0.2, 0.25) is 0 Å². The number of carbonyl (C=O) groups is 2. The van der Waals surface area contributed by atoms with Crippen molar-refractivity contribution in [3.05, 3.63) is 41.2 Å². The number of nitrogens with zero attached hydrogens (tertiary/aromatic N) is 3. The minimum atomic E-state index is -0.417. The molecule has 2 heterocycles. The van der Waals surface area contributed by atoms with Gasteiger partial charge in [-0.3, -0.25) is 14.3 Å². The molecule has 9 nitrogen and oxygen atoms in total. The smallest absolute Gasteiger partial charge is 0.272 e. The zero-order valence-electron chi connectivity index (χ0n) is 16.1. The van der Waals surface area contributed by atoms with Crippen LogP contribution in [0.15, 0.2) is 24.3 Å². The second-order valence-corrected chi connectivity index (χ2v) is 6.60. The van der Waals surface area contributed by atoms with Gasteiger partial charge in [0.15, 0.2) is 5.69 Å². The summed E-state index contributed by atoms with van der Waals surface area (Å²) >= 11 is 0. The monoisotopic (exact) mass is 388 g/mol. The van der Waals surface area contributed by atoms with Crippen LogP contribution in [-0.2, 0) is 13.1 Å². The summed E-state index contributed by atoms with van der Waals surface area (Å²) in [5.41, 5.74) is 1.38. The molecular formula is C19H24N4O5. The van der Waals surface area contributed by atoms with Crippen molar-refractivity contribution in [1.82, 2.24) is 20.0 Å². The lowest BCUT2D eigenvalue weighted by atomic mass is 10.1. The van der Waals surface area contributed by atoms with Crippen LogP contribution in [0, 0.1) is 0 Å². The maximum absolute atomic E-state index is 12.9. The second kappa shape index (κ2) is 8.30. The number of fused-ring (bicyclic) bond motifs is 1. The van der Waals surface area contributed by atoms with Gasteiger partial charge in [-0.25, -0.2) is 0 Å². The topological polar surface area (TPSA) is 106 Å². The summed E-state index contributed by atoms with van der Waals surface area (Å²) in [6, 6.07) is 6.56. The van der Waals surface area contributed by atoms with Crippen LogP contribution in [0.25, 0.3) is 0 Å². The Bertz CT molecular complexity index is 879. The quantitative estimate of drug-likeness (QED) is 0.722. The van der Waals surface area contributed by atoms with Crippen molar-refractivity contribution in [1.29, 1.82) is 0 Å². The lowest BCUT2D eigenvalue weighted by molar-refractivity contribution is 0.0681. The average molecular weight is 388 g/mol. The van der Waals surface area contributed by atoms with E-state index in [1.807, 2.05) is 12.1 Å². The van der Waals surface area contributed by atoms with E-state index in [9.17, 15) is 9.59 Å². The highest BCUT2D eigenvalue weighted by molar-refractivity contribution is 5.98. The predicted octanol–water partition coefficient (Wildman–Crippen LogP) is 0.667. The zero-order chi connectivity index (χ0) is 20.3. The summed E-state index contributed by atoms with van der Waals surface area (Å²) in [5.74, 6) is 0.700. The molecule has 28 heavy (non-hydrogen) atoms. The standard InChI is InChI=1S/C19H24N4O5/c1-12(11-24)20-18(25)15-9-16-19(26)22(6-7-23(16)21-15)10-13-4-5-14(27-2)8-17(13)28-3/h4-5,8-9,12,24H,6-7,10-11H2,1-3H3,(H,20,25)/t12-/m0/s1. The number of rotatable bonds is 7. The van der Waals surface area contributed by atoms with Crippen LogP contribution >= 0.6 is 0 Å². The fourth-order valence-corrected chi connectivity index (χ4v) is 3.03. The molecule has 1 aromatic carbocycles. The number of aliphatic hydroxyl groups is 1. The summed E-state index contributed by atoms with van der Waals surface area (Å²) in [7, 11) is 3.16. The van der Waals surface area contributed by atoms with Gasteiger partial charge in [-0.2, -0.15) is 5.10 Å². The second-order valence-electron chi connectivity index (χ2n) is 6.60. The van der Waals surface area contributed by atoms with Crippen molar-refractivity contribution < 1.29 is 24.2 Å². The van der Waals surface area contributed by atoms with Gasteiger partial charge in [-0.1, -0.05) is 0 Å². The Labute approximate surface area is 162 Å². The number of hydrogen-bond donors (Lipinski definition) is 2. The molecular weight excluding hydrogens is 364 g/mol. The molecule has 0 aliphatic carbocycles. The van der Waals surface area contributed by atoms with Gasteiger partial charge in [0.25, 0.3) is 11.8 Å². The van der Waals surface area contributed by atoms with Crippen LogP contribution in [0.2, 0.25) is 0 Å². The number of amides is 2. The van der Waals surface area contributed by atoms with Crippen molar-refractivity contribution in [2.24, 2.45) is 0 Å². The minimum absolute atomic E-state index is 0.160. The molecule has 1 aliphatic rings. The van der Waals surface area contributed by atoms with Crippen LogP contribution in [0.4, 0.5) is 0 Å². The largest absolute Gasteiger partial charge is 0.497 e. The number of ether oxygens (including phenoxy) is 2. The van der Waals surface area contributed by atoms with Crippen LogP contribution in [-0.4, -0.2) is 65.0 Å². The van der Waals surface area contributed by atoms with Crippen LogP contribution in [0.3, 0.4) is 0 Å². The highest BCUT2D eigenvalue weighted by Gasteiger charge is 2.28. The number of aromatic nitrogens is 2. The summed E-state index contributed by atoms with van der Waals surface area (Å²) in [6.45, 7) is 2.85. The Hall–Kier alpha value is -3.07. The normalized spacial score (nSPS) is 14.4. The van der Waals surface area contributed by atoms with Crippen LogP contribution < -0.4 is 14.8 Å². The molecule has 0 bridgehead atoms. The molecule has 1 atom stereocenters. The van der Waals surface area contributed by atoms with E-state index in [2.05, 4.69) is 10.4 Å². The third kappa shape index (κ3) is 3.94. The molecule has 2 N–H and O–H groups in total. The van der Waals surface area contributed by atoms with E-state index >= 15 is 0 Å². The Kier molecular flexibility index (Phi) is 5.84. The van der Waals surface area contributed by atoms with Gasteiger partial charge < -0.3 is 24.8 Å². The maximum atomic E-state index is 12.9. The molecule has 1 aromatic heterocycles. The van der Waals surface area contributed by atoms with Crippen molar-refractivity contribution >= 4 is 11.8 Å². The first-order chi connectivity index (χ1) is 13.5. The van der Waals surface area contributed by atoms with E-state index in [4.69, 9.17) is 14.6 Å². The Morgan fingerprint density at radius 3 is 2.75 bits per heavy atom. The molecule has 1 aliphatic heterocycles. The van der Waals surface area contributed by atoms with Crippen molar-refractivity contribution in [2.45, 2.75) is 26.1 Å². The van der Waals surface area contributed by atoms with Gasteiger partial charge in [-0.05, 0) is 19.1 Å². The first kappa shape index (κ1) is 19.7. The van der Waals surface area contributed by atoms with Gasteiger partial charge in [-0.15, -0.1) is 0 Å². The lowest BCUT2D eigenvalue weighted by Crippen LogP contribution is -2.39. The van der Waals surface area contributed by atoms with E-state index in [1.54, 1.807) is 36.8 Å². The summed E-state index contributed by atoms with van der Waals surface area (Å²) in [5, 5.41) is 15.9. The first-order valence-electron chi connectivity index (χ1n) is 8.96. The number of nitrogens with one attached hydrogen (secondary N) is 1. The van der Waals surface area contributed by atoms with Crippen molar-refractivity contribution in [2.75, 3.05) is 27.4 Å². The Morgan fingerprint density at radius 2 is 2.07 bits per heavy atom. The molecule has 9 heteroatoms. The molecule has 0 fully saturated rings. The van der Waals surface area contributed by atoms with Gasteiger partial charge >= 0.3 is 0 Å².